The number of benzene rings is 2. The van der Waals surface area contributed by atoms with Crippen LogP contribution in [0.1, 0.15) is 33.1 Å². The van der Waals surface area contributed by atoms with Crippen molar-refractivity contribution >= 4 is 17.6 Å². The van der Waals surface area contributed by atoms with Gasteiger partial charge in [0, 0.05) is 28.6 Å². The van der Waals surface area contributed by atoms with Crippen molar-refractivity contribution in [3.05, 3.63) is 70.4 Å². The summed E-state index contributed by atoms with van der Waals surface area (Å²) in [5.41, 5.74) is 1.92. The van der Waals surface area contributed by atoms with E-state index in [1.165, 1.54) is 44.6 Å². The number of hydrogen-bond acceptors (Lipinski definition) is 4. The molecule has 1 unspecified atom stereocenters. The van der Waals surface area contributed by atoms with Crippen molar-refractivity contribution in [3.8, 4) is 17.0 Å². The molecule has 1 aromatic heterocycles. The number of aryl methyl sites for hydroxylation is 1. The Morgan fingerprint density at radius 1 is 1.10 bits per heavy atom. The van der Waals surface area contributed by atoms with Crippen molar-refractivity contribution in [2.75, 3.05) is 19.5 Å². The topological polar surface area (TPSA) is 80.4 Å². The summed E-state index contributed by atoms with van der Waals surface area (Å²) in [5, 5.41) is 2.69. The molecular weight excluding hydrogens is 394 g/mol. The van der Waals surface area contributed by atoms with E-state index in [4.69, 9.17) is 9.47 Å². The van der Waals surface area contributed by atoms with Gasteiger partial charge in [-0.15, -0.1) is 0 Å². The smallest absolute Gasteiger partial charge is 0.340 e. The number of H-pyrrole nitrogens is 1. The van der Waals surface area contributed by atoms with Gasteiger partial charge >= 0.3 is 5.97 Å². The fourth-order valence-corrected chi connectivity index (χ4v) is 3.86. The number of anilines is 1. The molecule has 1 aliphatic rings. The first-order valence-electron chi connectivity index (χ1n) is 9.10. The van der Waals surface area contributed by atoms with Gasteiger partial charge in [-0.1, -0.05) is 0 Å². The van der Waals surface area contributed by atoms with Crippen molar-refractivity contribution in [1.82, 2.24) is 4.98 Å². The average Bonchev–Trinajstić information content (AvgIpc) is 3.22. The van der Waals surface area contributed by atoms with Gasteiger partial charge in [0.2, 0.25) is 5.91 Å². The lowest BCUT2D eigenvalue weighted by molar-refractivity contribution is -0.116. The molecule has 2 heterocycles. The minimum absolute atomic E-state index is 0.111. The van der Waals surface area contributed by atoms with Crippen LogP contribution in [0.2, 0.25) is 0 Å². The van der Waals surface area contributed by atoms with E-state index in [1.807, 2.05) is 0 Å². The minimum atomic E-state index is -1.02. The van der Waals surface area contributed by atoms with Crippen molar-refractivity contribution in [3.63, 3.8) is 0 Å². The standard InChI is InChI=1S/C22H18F2N2O4/c1-10-17(22(28)30-3)19(18-14-8-11(23)4-7-16(14)26-21(18)27)20(25-10)13-6-5-12(29-2)9-15(13)24/h4-9,18,25H,1-3H3,(H,26,27). The van der Waals surface area contributed by atoms with Crippen LogP contribution in [0.25, 0.3) is 11.3 Å². The summed E-state index contributed by atoms with van der Waals surface area (Å²) < 4.78 is 38.8. The van der Waals surface area contributed by atoms with Gasteiger partial charge in [-0.2, -0.15) is 0 Å². The van der Waals surface area contributed by atoms with Crippen LogP contribution < -0.4 is 10.1 Å². The molecule has 0 bridgehead atoms. The van der Waals surface area contributed by atoms with Gasteiger partial charge in [-0.3, -0.25) is 4.79 Å². The predicted molar refractivity (Wildman–Crippen MR) is 106 cm³/mol. The molecule has 2 aromatic carbocycles. The Bertz CT molecular complexity index is 1190. The second-order valence-corrected chi connectivity index (χ2v) is 6.90. The summed E-state index contributed by atoms with van der Waals surface area (Å²) in [7, 11) is 2.64. The third-order valence-corrected chi connectivity index (χ3v) is 5.19. The largest absolute Gasteiger partial charge is 0.497 e. The molecule has 0 radical (unpaired) electrons. The van der Waals surface area contributed by atoms with Gasteiger partial charge in [0.05, 0.1) is 31.4 Å². The van der Waals surface area contributed by atoms with Crippen molar-refractivity contribution in [2.24, 2.45) is 0 Å². The van der Waals surface area contributed by atoms with Gasteiger partial charge in [0.25, 0.3) is 0 Å². The van der Waals surface area contributed by atoms with Crippen LogP contribution in [0.5, 0.6) is 5.75 Å². The zero-order valence-corrected chi connectivity index (χ0v) is 16.4. The molecule has 0 fully saturated rings. The second-order valence-electron chi connectivity index (χ2n) is 6.90. The van der Waals surface area contributed by atoms with E-state index in [0.29, 0.717) is 22.7 Å². The van der Waals surface area contributed by atoms with Crippen molar-refractivity contribution in [2.45, 2.75) is 12.8 Å². The highest BCUT2D eigenvalue weighted by molar-refractivity contribution is 6.08. The monoisotopic (exact) mass is 412 g/mol. The minimum Gasteiger partial charge on any atom is -0.497 e. The molecule has 0 saturated carbocycles. The van der Waals surface area contributed by atoms with Crippen LogP contribution in [0.4, 0.5) is 14.5 Å². The van der Waals surface area contributed by atoms with Crippen molar-refractivity contribution in [1.29, 1.82) is 0 Å². The molecule has 154 valence electrons. The third-order valence-electron chi connectivity index (χ3n) is 5.19. The van der Waals surface area contributed by atoms with Gasteiger partial charge in [0.15, 0.2) is 0 Å². The molecular formula is C22H18F2N2O4. The summed E-state index contributed by atoms with van der Waals surface area (Å²) in [6, 6.07) is 8.18. The molecule has 4 rings (SSSR count). The van der Waals surface area contributed by atoms with Crippen LogP contribution in [-0.4, -0.2) is 31.1 Å². The predicted octanol–water partition coefficient (Wildman–Crippen LogP) is 4.15. The number of hydrogen-bond donors (Lipinski definition) is 2. The summed E-state index contributed by atoms with van der Waals surface area (Å²) in [6.45, 7) is 1.63. The zero-order chi connectivity index (χ0) is 21.6. The molecule has 0 spiro atoms. The molecule has 8 heteroatoms. The van der Waals surface area contributed by atoms with Crippen LogP contribution in [0.15, 0.2) is 36.4 Å². The number of nitrogens with one attached hydrogen (secondary N) is 2. The molecule has 1 aliphatic heterocycles. The second kappa shape index (κ2) is 7.29. The quantitative estimate of drug-likeness (QED) is 0.631. The molecule has 1 amide bonds. The Morgan fingerprint density at radius 3 is 2.53 bits per heavy atom. The number of fused-ring (bicyclic) bond motifs is 1. The third kappa shape index (κ3) is 3.01. The van der Waals surface area contributed by atoms with Crippen LogP contribution >= 0.6 is 0 Å². The SMILES string of the molecule is COC(=O)c1c(C)[nH]c(-c2ccc(OC)cc2F)c1C1C(=O)Nc2ccc(F)cc21. The Balaban J connectivity index is 2.01. The Morgan fingerprint density at radius 2 is 1.87 bits per heavy atom. The summed E-state index contributed by atoms with van der Waals surface area (Å²) in [4.78, 5) is 28.4. The van der Waals surface area contributed by atoms with E-state index in [-0.39, 0.29) is 22.4 Å². The molecule has 30 heavy (non-hydrogen) atoms. The number of esters is 1. The highest BCUT2D eigenvalue weighted by atomic mass is 19.1. The van der Waals surface area contributed by atoms with Gasteiger partial charge in [-0.25, -0.2) is 13.6 Å². The zero-order valence-electron chi connectivity index (χ0n) is 16.4. The fourth-order valence-electron chi connectivity index (χ4n) is 3.86. The fraction of sp³-hybridized carbons (Fsp3) is 0.182. The van der Waals surface area contributed by atoms with Crippen LogP contribution in [0, 0.1) is 18.6 Å². The highest BCUT2D eigenvalue weighted by Gasteiger charge is 2.39. The first kappa shape index (κ1) is 19.6. The Kier molecular flexibility index (Phi) is 4.77. The van der Waals surface area contributed by atoms with E-state index in [2.05, 4.69) is 10.3 Å². The summed E-state index contributed by atoms with van der Waals surface area (Å²) in [6.07, 6.45) is 0. The normalized spacial score (nSPS) is 15.0. The lowest BCUT2D eigenvalue weighted by atomic mass is 9.87. The maximum atomic E-state index is 14.9. The van der Waals surface area contributed by atoms with Gasteiger partial charge < -0.3 is 19.8 Å². The molecule has 2 N–H and O–H groups in total. The molecule has 3 aromatic rings. The number of rotatable bonds is 4. The number of amides is 1. The summed E-state index contributed by atoms with van der Waals surface area (Å²) >= 11 is 0. The first-order chi connectivity index (χ1) is 14.3. The van der Waals surface area contributed by atoms with E-state index in [1.54, 1.807) is 13.0 Å². The first-order valence-corrected chi connectivity index (χ1v) is 9.10. The number of methoxy groups -OCH3 is 2. The molecule has 6 nitrogen and oxygen atoms in total. The van der Waals surface area contributed by atoms with Crippen molar-refractivity contribution < 1.29 is 27.8 Å². The molecule has 1 atom stereocenters. The van der Waals surface area contributed by atoms with E-state index in [9.17, 15) is 18.4 Å². The van der Waals surface area contributed by atoms with Gasteiger partial charge in [-0.05, 0) is 42.8 Å². The number of aromatic amines is 1. The average molecular weight is 412 g/mol. The van der Waals surface area contributed by atoms with E-state index >= 15 is 0 Å². The highest BCUT2D eigenvalue weighted by Crippen LogP contribution is 2.44. The number of aromatic nitrogens is 1. The Hall–Kier alpha value is -3.68. The van der Waals surface area contributed by atoms with Crippen LogP contribution in [0.3, 0.4) is 0 Å². The lowest BCUT2D eigenvalue weighted by Gasteiger charge is -2.14. The van der Waals surface area contributed by atoms with Gasteiger partial charge in [0.1, 0.15) is 17.4 Å². The van der Waals surface area contributed by atoms with Crippen LogP contribution in [-0.2, 0) is 9.53 Å². The lowest BCUT2D eigenvalue weighted by Crippen LogP contribution is -2.17. The van der Waals surface area contributed by atoms with E-state index < -0.39 is 29.4 Å². The maximum Gasteiger partial charge on any atom is 0.340 e. The number of carbonyl (C=O) groups is 2. The molecule has 0 aliphatic carbocycles. The number of ether oxygens (including phenoxy) is 2. The number of halogens is 2. The molecule has 0 saturated heterocycles. The number of carbonyl (C=O) groups excluding carboxylic acids is 2. The Labute approximate surface area is 170 Å². The maximum absolute atomic E-state index is 14.9. The van der Waals surface area contributed by atoms with E-state index in [0.717, 1.165) is 0 Å². The summed E-state index contributed by atoms with van der Waals surface area (Å²) in [5.74, 6) is -2.97.